The van der Waals surface area contributed by atoms with Gasteiger partial charge in [-0.05, 0) is 36.5 Å². The van der Waals surface area contributed by atoms with Gasteiger partial charge >= 0.3 is 0 Å². The number of anilines is 1. The lowest BCUT2D eigenvalue weighted by atomic mass is 10.0. The van der Waals surface area contributed by atoms with Gasteiger partial charge in [0.2, 0.25) is 11.8 Å². The van der Waals surface area contributed by atoms with Gasteiger partial charge in [0.1, 0.15) is 0 Å². The molecule has 23 heavy (non-hydrogen) atoms. The number of amides is 2. The number of benzene rings is 1. The van der Waals surface area contributed by atoms with E-state index in [1.165, 1.54) is 0 Å². The minimum Gasteiger partial charge on any atom is -0.351 e. The van der Waals surface area contributed by atoms with Crippen molar-refractivity contribution in [1.82, 2.24) is 5.32 Å². The van der Waals surface area contributed by atoms with Crippen molar-refractivity contribution in [3.8, 4) is 0 Å². The van der Waals surface area contributed by atoms with Crippen molar-refractivity contribution >= 4 is 29.9 Å². The fraction of sp³-hybridized carbons (Fsp3) is 0.529. The Labute approximate surface area is 144 Å². The van der Waals surface area contributed by atoms with E-state index in [1.54, 1.807) is 0 Å². The van der Waals surface area contributed by atoms with Gasteiger partial charge in [-0.2, -0.15) is 0 Å². The van der Waals surface area contributed by atoms with Gasteiger partial charge in [-0.25, -0.2) is 0 Å². The minimum absolute atomic E-state index is 0. The molecule has 2 amide bonds. The number of carbonyl (C=O) groups excluding carboxylic acids is 2. The lowest BCUT2D eigenvalue weighted by Gasteiger charge is -2.26. The molecular formula is C17H26ClN3O2. The van der Waals surface area contributed by atoms with Crippen molar-refractivity contribution in [1.29, 1.82) is 0 Å². The summed E-state index contributed by atoms with van der Waals surface area (Å²) in [5.74, 6) is 0.174. The molecule has 2 rings (SSSR count). The van der Waals surface area contributed by atoms with E-state index in [9.17, 15) is 9.59 Å². The highest BCUT2D eigenvalue weighted by Crippen LogP contribution is 2.21. The fourth-order valence-electron chi connectivity index (χ4n) is 2.48. The molecule has 1 aromatic carbocycles. The normalized spacial score (nSPS) is 16.0. The Morgan fingerprint density at radius 3 is 2.48 bits per heavy atom. The average Bonchev–Trinajstić information content (AvgIpc) is 2.53. The average molecular weight is 340 g/mol. The Kier molecular flexibility index (Phi) is 7.52. The third kappa shape index (κ3) is 5.22. The van der Waals surface area contributed by atoms with Gasteiger partial charge in [0.25, 0.3) is 0 Å². The molecular weight excluding hydrogens is 314 g/mol. The standard InChI is InChI=1S/C17H25N3O2.ClH/c1-12(2)16(18)17(22)19-11-13-6-8-14(9-7-13)20-10-4-3-5-15(20)21;/h6-9,12,16H,3-5,10-11,18H2,1-2H3,(H,19,22);1H/t16-;/m0./s1. The van der Waals surface area contributed by atoms with Crippen molar-refractivity contribution in [2.75, 3.05) is 11.4 Å². The first-order chi connectivity index (χ1) is 10.5. The summed E-state index contributed by atoms with van der Waals surface area (Å²) in [4.78, 5) is 25.5. The van der Waals surface area contributed by atoms with Gasteiger partial charge in [-0.1, -0.05) is 26.0 Å². The molecule has 3 N–H and O–H groups in total. The van der Waals surface area contributed by atoms with Gasteiger partial charge in [0.05, 0.1) is 6.04 Å². The summed E-state index contributed by atoms with van der Waals surface area (Å²) in [5.41, 5.74) is 7.73. The van der Waals surface area contributed by atoms with Crippen LogP contribution in [0.25, 0.3) is 0 Å². The zero-order chi connectivity index (χ0) is 16.1. The summed E-state index contributed by atoms with van der Waals surface area (Å²) in [6, 6.07) is 7.28. The number of carbonyl (C=O) groups is 2. The molecule has 1 aliphatic heterocycles. The van der Waals surface area contributed by atoms with Crippen molar-refractivity contribution in [3.05, 3.63) is 29.8 Å². The summed E-state index contributed by atoms with van der Waals surface area (Å²) in [5, 5.41) is 2.84. The maximum absolute atomic E-state index is 11.9. The number of nitrogens with one attached hydrogen (secondary N) is 1. The molecule has 1 aromatic rings. The van der Waals surface area contributed by atoms with Crippen LogP contribution in [0.15, 0.2) is 24.3 Å². The molecule has 1 atom stereocenters. The lowest BCUT2D eigenvalue weighted by molar-refractivity contribution is -0.123. The van der Waals surface area contributed by atoms with Gasteiger partial charge in [0.15, 0.2) is 0 Å². The van der Waals surface area contributed by atoms with Crippen LogP contribution in [-0.2, 0) is 16.1 Å². The quantitative estimate of drug-likeness (QED) is 0.863. The first-order valence-electron chi connectivity index (χ1n) is 7.91. The van der Waals surface area contributed by atoms with Gasteiger partial charge in [-0.3, -0.25) is 9.59 Å². The maximum Gasteiger partial charge on any atom is 0.237 e. The molecule has 1 aliphatic rings. The molecule has 6 heteroatoms. The highest BCUT2D eigenvalue weighted by molar-refractivity contribution is 5.94. The minimum atomic E-state index is -0.481. The van der Waals surface area contributed by atoms with Crippen LogP contribution in [0.2, 0.25) is 0 Å². The van der Waals surface area contributed by atoms with Crippen LogP contribution in [0.1, 0.15) is 38.7 Å². The first-order valence-corrected chi connectivity index (χ1v) is 7.91. The van der Waals surface area contributed by atoms with Crippen molar-refractivity contribution in [3.63, 3.8) is 0 Å². The summed E-state index contributed by atoms with van der Waals surface area (Å²) in [6.07, 6.45) is 2.66. The van der Waals surface area contributed by atoms with Crippen LogP contribution in [-0.4, -0.2) is 24.4 Å². The topological polar surface area (TPSA) is 75.4 Å². The Morgan fingerprint density at radius 1 is 1.26 bits per heavy atom. The molecule has 0 bridgehead atoms. The van der Waals surface area contributed by atoms with Gasteiger partial charge < -0.3 is 16.0 Å². The number of rotatable bonds is 5. The number of piperidine rings is 1. The second-order valence-corrected chi connectivity index (χ2v) is 6.16. The molecule has 0 aromatic heterocycles. The number of nitrogens with two attached hydrogens (primary N) is 1. The van der Waals surface area contributed by atoms with E-state index < -0.39 is 6.04 Å². The van der Waals surface area contributed by atoms with Crippen LogP contribution >= 0.6 is 12.4 Å². The number of hydrogen-bond donors (Lipinski definition) is 2. The van der Waals surface area contributed by atoms with Crippen molar-refractivity contribution in [2.24, 2.45) is 11.7 Å². The third-order valence-electron chi connectivity index (χ3n) is 4.06. The number of hydrogen-bond acceptors (Lipinski definition) is 3. The Bertz CT molecular complexity index is 531. The number of halogens is 1. The van der Waals surface area contributed by atoms with E-state index in [-0.39, 0.29) is 30.1 Å². The summed E-state index contributed by atoms with van der Waals surface area (Å²) in [6.45, 7) is 5.09. The lowest BCUT2D eigenvalue weighted by Crippen LogP contribution is -2.43. The van der Waals surface area contributed by atoms with Gasteiger partial charge in [0, 0.05) is 25.2 Å². The third-order valence-corrected chi connectivity index (χ3v) is 4.06. The second-order valence-electron chi connectivity index (χ2n) is 6.16. The fourth-order valence-corrected chi connectivity index (χ4v) is 2.48. The smallest absolute Gasteiger partial charge is 0.237 e. The van der Waals surface area contributed by atoms with Crippen LogP contribution in [0.4, 0.5) is 5.69 Å². The predicted octanol–water partition coefficient (Wildman–Crippen LogP) is 2.22. The molecule has 1 heterocycles. The Hall–Kier alpha value is -1.59. The van der Waals surface area contributed by atoms with Gasteiger partial charge in [-0.15, -0.1) is 12.4 Å². The van der Waals surface area contributed by atoms with Crippen LogP contribution < -0.4 is 16.0 Å². The van der Waals surface area contributed by atoms with Crippen LogP contribution in [0, 0.1) is 5.92 Å². The van der Waals surface area contributed by atoms with Crippen LogP contribution in [0.3, 0.4) is 0 Å². The first kappa shape index (κ1) is 19.5. The summed E-state index contributed by atoms with van der Waals surface area (Å²) in [7, 11) is 0. The molecule has 5 nitrogen and oxygen atoms in total. The monoisotopic (exact) mass is 339 g/mol. The molecule has 1 fully saturated rings. The highest BCUT2D eigenvalue weighted by Gasteiger charge is 2.19. The van der Waals surface area contributed by atoms with Crippen LogP contribution in [0.5, 0.6) is 0 Å². The predicted molar refractivity (Wildman–Crippen MR) is 94.6 cm³/mol. The second kappa shape index (κ2) is 8.89. The van der Waals surface area contributed by atoms with Crippen molar-refractivity contribution < 1.29 is 9.59 Å². The molecule has 0 spiro atoms. The highest BCUT2D eigenvalue weighted by atomic mass is 35.5. The molecule has 0 saturated carbocycles. The van der Waals surface area contributed by atoms with E-state index >= 15 is 0 Å². The summed E-state index contributed by atoms with van der Waals surface area (Å²) >= 11 is 0. The Balaban J connectivity index is 0.00000264. The van der Waals surface area contributed by atoms with E-state index in [2.05, 4.69) is 5.32 Å². The zero-order valence-corrected chi connectivity index (χ0v) is 14.6. The molecule has 0 radical (unpaired) electrons. The molecule has 0 unspecified atom stereocenters. The van der Waals surface area contributed by atoms with E-state index in [4.69, 9.17) is 5.73 Å². The van der Waals surface area contributed by atoms with E-state index in [1.807, 2.05) is 43.0 Å². The van der Waals surface area contributed by atoms with E-state index in [0.29, 0.717) is 13.0 Å². The largest absolute Gasteiger partial charge is 0.351 e. The number of nitrogens with zero attached hydrogens (tertiary/aromatic N) is 1. The van der Waals surface area contributed by atoms with E-state index in [0.717, 1.165) is 30.6 Å². The molecule has 0 aliphatic carbocycles. The zero-order valence-electron chi connectivity index (χ0n) is 13.7. The SMILES string of the molecule is CC(C)[C@H](N)C(=O)NCc1ccc(N2CCCCC2=O)cc1.Cl. The Morgan fingerprint density at radius 2 is 1.91 bits per heavy atom. The van der Waals surface area contributed by atoms with Crippen molar-refractivity contribution in [2.45, 2.75) is 45.7 Å². The molecule has 1 saturated heterocycles. The molecule has 128 valence electrons. The summed E-state index contributed by atoms with van der Waals surface area (Å²) < 4.78 is 0. The maximum atomic E-state index is 11.9.